The SMILES string of the molecule is CCCC[C@]12c3c4ccc(O)c3OC1C1(CCC2C(N)C4)OCCO1.CCCC[C@]12c3c4ccc(OC)c3OC1C1(CCC2C(N=C=N)C4)OCCO1. The number of benzene rings is 2. The Morgan fingerprint density at radius 3 is 1.96 bits per heavy atom. The summed E-state index contributed by atoms with van der Waals surface area (Å²) < 4.78 is 43.6. The van der Waals surface area contributed by atoms with Gasteiger partial charge in [-0.1, -0.05) is 51.7 Å². The summed E-state index contributed by atoms with van der Waals surface area (Å²) in [5.41, 5.74) is 11.2. The molecular formula is C42H55N3O8. The summed E-state index contributed by atoms with van der Waals surface area (Å²) in [5.74, 6) is 1.78. The summed E-state index contributed by atoms with van der Waals surface area (Å²) in [7, 11) is 1.70. The maximum absolute atomic E-state index is 10.5. The first-order chi connectivity index (χ1) is 25.8. The number of hydrogen-bond donors (Lipinski definition) is 3. The van der Waals surface area contributed by atoms with Crippen molar-refractivity contribution in [3.8, 4) is 23.0 Å². The Kier molecular flexibility index (Phi) is 8.87. The number of fused-ring (bicyclic) bond motifs is 2. The lowest BCUT2D eigenvalue weighted by Crippen LogP contribution is -2.66. The van der Waals surface area contributed by atoms with E-state index in [2.05, 4.69) is 30.9 Å². The Balaban J connectivity index is 0.000000141. The molecule has 10 rings (SSSR count). The number of aromatic hydroxyl groups is 1. The molecule has 2 saturated carbocycles. The first-order valence-electron chi connectivity index (χ1n) is 20.1. The van der Waals surface area contributed by atoms with Gasteiger partial charge in [0.25, 0.3) is 0 Å². The smallest absolute Gasteiger partial charge is 0.206 e. The van der Waals surface area contributed by atoms with E-state index in [1.54, 1.807) is 13.2 Å². The van der Waals surface area contributed by atoms with Crippen molar-refractivity contribution in [2.24, 2.45) is 22.6 Å². The van der Waals surface area contributed by atoms with E-state index >= 15 is 0 Å². The zero-order valence-electron chi connectivity index (χ0n) is 31.4. The van der Waals surface area contributed by atoms with E-state index in [0.717, 1.165) is 88.5 Å². The molecule has 0 amide bonds. The summed E-state index contributed by atoms with van der Waals surface area (Å²) in [5, 5.41) is 18.0. The predicted octanol–water partition coefficient (Wildman–Crippen LogP) is 6.33. The van der Waals surface area contributed by atoms with Crippen LogP contribution in [0.1, 0.15) is 100 Å². The van der Waals surface area contributed by atoms with Gasteiger partial charge >= 0.3 is 0 Å². The highest BCUT2D eigenvalue weighted by atomic mass is 16.8. The van der Waals surface area contributed by atoms with Crippen LogP contribution in [0.4, 0.5) is 0 Å². The van der Waals surface area contributed by atoms with E-state index in [-0.39, 0.29) is 40.9 Å². The number of rotatable bonds is 8. The molecule has 4 aliphatic heterocycles. The van der Waals surface area contributed by atoms with Crippen LogP contribution in [0.2, 0.25) is 0 Å². The summed E-state index contributed by atoms with van der Waals surface area (Å²) in [4.78, 5) is 4.48. The molecule has 2 spiro atoms. The Hall–Kier alpha value is -3.18. The van der Waals surface area contributed by atoms with E-state index in [1.165, 1.54) is 22.3 Å². The van der Waals surface area contributed by atoms with E-state index in [4.69, 9.17) is 44.3 Å². The molecule has 4 heterocycles. The summed E-state index contributed by atoms with van der Waals surface area (Å²) >= 11 is 0. The molecule has 2 saturated heterocycles. The van der Waals surface area contributed by atoms with Crippen molar-refractivity contribution in [3.63, 3.8) is 0 Å². The lowest BCUT2D eigenvalue weighted by atomic mass is 9.52. The molecular weight excluding hydrogens is 674 g/mol. The van der Waals surface area contributed by atoms with Crippen LogP contribution in [-0.2, 0) is 42.6 Å². The number of nitrogens with one attached hydrogen (secondary N) is 1. The zero-order chi connectivity index (χ0) is 36.6. The third-order valence-corrected chi connectivity index (χ3v) is 14.3. The molecule has 11 heteroatoms. The Morgan fingerprint density at radius 2 is 1.36 bits per heavy atom. The van der Waals surface area contributed by atoms with Crippen LogP contribution in [0, 0.1) is 17.2 Å². The van der Waals surface area contributed by atoms with Gasteiger partial charge < -0.3 is 44.0 Å². The molecule has 4 fully saturated rings. The highest BCUT2D eigenvalue weighted by molar-refractivity contribution is 5.62. The number of aliphatic imine (C=N–C) groups is 1. The molecule has 2 aromatic carbocycles. The monoisotopic (exact) mass is 729 g/mol. The van der Waals surface area contributed by atoms with Gasteiger partial charge in [-0.2, -0.15) is 0 Å². The molecule has 8 atom stereocenters. The molecule has 53 heavy (non-hydrogen) atoms. The van der Waals surface area contributed by atoms with Crippen molar-refractivity contribution in [2.75, 3.05) is 33.5 Å². The van der Waals surface area contributed by atoms with Crippen LogP contribution < -0.4 is 19.9 Å². The molecule has 2 aromatic rings. The van der Waals surface area contributed by atoms with Gasteiger partial charge in [-0.25, -0.2) is 10.4 Å². The number of methoxy groups -OCH3 is 1. The molecule has 4 aliphatic carbocycles. The quantitative estimate of drug-likeness (QED) is 0.265. The summed E-state index contributed by atoms with van der Waals surface area (Å²) in [6, 6.07) is 10.4. The summed E-state index contributed by atoms with van der Waals surface area (Å²) in [6.45, 7) is 6.87. The molecule has 11 nitrogen and oxygen atoms in total. The van der Waals surface area contributed by atoms with E-state index < -0.39 is 11.6 Å². The maximum Gasteiger partial charge on any atom is 0.206 e. The number of nitrogens with two attached hydrogens (primary N) is 1. The van der Waals surface area contributed by atoms with Gasteiger partial charge in [0.05, 0.1) is 45.6 Å². The second kappa shape index (κ2) is 13.2. The van der Waals surface area contributed by atoms with Gasteiger partial charge in [0.1, 0.15) is 0 Å². The van der Waals surface area contributed by atoms with Gasteiger partial charge in [0.2, 0.25) is 11.6 Å². The third kappa shape index (κ3) is 4.90. The van der Waals surface area contributed by atoms with Crippen molar-refractivity contribution in [1.29, 1.82) is 5.41 Å². The molecule has 0 aromatic heterocycles. The van der Waals surface area contributed by atoms with Crippen LogP contribution in [0.15, 0.2) is 29.3 Å². The number of nitrogens with zero attached hydrogens (tertiary/aromatic N) is 1. The standard InChI is InChI=1S/C22H28N2O4.C20H27NO4/c1-3-4-8-21-15-7-9-22(26-10-11-27-22)20(21)28-19-17(25-2)6-5-14(18(19)21)12-16(15)24-13-23;1-2-3-7-19-13-6-8-20(23-9-10-24-20)18(19)25-17-15(22)5-4-12(16(17)19)11-14(13)21/h5-6,15-16,20,23H,3-4,7-12H2,1-2H3;4-5,13-14,18,22H,2-3,6-11,21H2,1H3/t15?,16?,20?,21-;13?,14?,18?,19-/m00/s1. The van der Waals surface area contributed by atoms with E-state index in [9.17, 15) is 5.11 Å². The van der Waals surface area contributed by atoms with Crippen molar-refractivity contribution in [2.45, 2.75) is 138 Å². The Bertz CT molecular complexity index is 1780. The largest absolute Gasteiger partial charge is 0.504 e. The third-order valence-electron chi connectivity index (χ3n) is 14.3. The molecule has 286 valence electrons. The maximum atomic E-state index is 10.5. The van der Waals surface area contributed by atoms with E-state index in [0.29, 0.717) is 44.0 Å². The topological polar surface area (TPSA) is 147 Å². The second-order valence-corrected chi connectivity index (χ2v) is 16.6. The minimum atomic E-state index is -0.693. The van der Waals surface area contributed by atoms with Gasteiger partial charge in [0, 0.05) is 40.8 Å². The van der Waals surface area contributed by atoms with Gasteiger partial charge in [-0.15, -0.1) is 0 Å². The Morgan fingerprint density at radius 1 is 0.811 bits per heavy atom. The fourth-order valence-corrected chi connectivity index (χ4v) is 12.4. The number of unbranched alkanes of at least 4 members (excludes halogenated alkanes) is 2. The number of phenolic OH excluding ortho intramolecular Hbond substituents is 1. The normalized spacial score (nSPS) is 35.4. The van der Waals surface area contributed by atoms with Gasteiger partial charge in [0.15, 0.2) is 35.2 Å². The minimum Gasteiger partial charge on any atom is -0.504 e. The predicted molar refractivity (Wildman–Crippen MR) is 196 cm³/mol. The Labute approximate surface area is 312 Å². The highest BCUT2D eigenvalue weighted by Gasteiger charge is 2.71. The molecule has 6 unspecified atom stereocenters. The van der Waals surface area contributed by atoms with Gasteiger partial charge in [-0.3, -0.25) is 0 Å². The van der Waals surface area contributed by atoms with Crippen molar-refractivity contribution >= 4 is 6.01 Å². The first kappa shape index (κ1) is 35.5. The zero-order valence-corrected chi connectivity index (χ0v) is 31.4. The second-order valence-electron chi connectivity index (χ2n) is 16.6. The minimum absolute atomic E-state index is 0.0473. The van der Waals surface area contributed by atoms with E-state index in [1.807, 2.05) is 12.1 Å². The fourth-order valence-electron chi connectivity index (χ4n) is 12.4. The van der Waals surface area contributed by atoms with Crippen molar-refractivity contribution in [1.82, 2.24) is 0 Å². The van der Waals surface area contributed by atoms with Crippen LogP contribution in [0.3, 0.4) is 0 Å². The van der Waals surface area contributed by atoms with Crippen molar-refractivity contribution in [3.05, 3.63) is 46.5 Å². The van der Waals surface area contributed by atoms with Crippen LogP contribution in [0.5, 0.6) is 23.0 Å². The lowest BCUT2D eigenvalue weighted by molar-refractivity contribution is -0.253. The molecule has 4 N–H and O–H groups in total. The lowest BCUT2D eigenvalue weighted by Gasteiger charge is -2.55. The highest BCUT2D eigenvalue weighted by Crippen LogP contribution is 2.67. The van der Waals surface area contributed by atoms with Crippen molar-refractivity contribution < 1.29 is 38.3 Å². The average Bonchev–Trinajstić information content (AvgIpc) is 3.97. The number of ether oxygens (including phenoxy) is 7. The molecule has 8 aliphatic rings. The molecule has 0 radical (unpaired) electrons. The first-order valence-corrected chi connectivity index (χ1v) is 20.1. The summed E-state index contributed by atoms with van der Waals surface area (Å²) in [6.07, 6.45) is 11.2. The number of phenols is 1. The average molecular weight is 730 g/mol. The van der Waals surface area contributed by atoms with Crippen LogP contribution in [0.25, 0.3) is 0 Å². The van der Waals surface area contributed by atoms with Crippen LogP contribution in [-0.4, -0.2) is 80.5 Å². The van der Waals surface area contributed by atoms with Gasteiger partial charge in [-0.05, 0) is 73.6 Å². The molecule has 0 bridgehead atoms. The van der Waals surface area contributed by atoms with Crippen LogP contribution >= 0.6 is 0 Å². The number of hydrogen-bond acceptors (Lipinski definition) is 11. The fraction of sp³-hybridized carbons (Fsp3) is 0.690.